The Hall–Kier alpha value is -1.45. The summed E-state index contributed by atoms with van der Waals surface area (Å²) in [5.41, 5.74) is 0.613. The molecule has 3 N–H and O–H groups in total. The van der Waals surface area contributed by atoms with Crippen molar-refractivity contribution >= 4 is 31.6 Å². The van der Waals surface area contributed by atoms with Gasteiger partial charge in [-0.25, -0.2) is 4.39 Å². The molecule has 6 nitrogen and oxygen atoms in total. The van der Waals surface area contributed by atoms with E-state index in [1.165, 1.54) is 18.3 Å². The molecule has 0 saturated carbocycles. The Balaban J connectivity index is 2.36. The van der Waals surface area contributed by atoms with E-state index in [0.717, 1.165) is 6.07 Å². The summed E-state index contributed by atoms with van der Waals surface area (Å²) in [7, 11) is -2.17. The van der Waals surface area contributed by atoms with E-state index in [2.05, 4.69) is 36.2 Å². The summed E-state index contributed by atoms with van der Waals surface area (Å²) in [4.78, 5) is 0. The number of H-pyrrole nitrogens is 1. The molecule has 108 valence electrons. The highest BCUT2D eigenvalue weighted by molar-refractivity contribution is 9.10. The van der Waals surface area contributed by atoms with E-state index in [0.29, 0.717) is 16.6 Å². The number of anilines is 1. The molecular formula is C11H12BrFN4O2S. The standard InChI is InChI=1S/C11H12BrFN4O2S/c1-14-5-7-6-15-16-11(7)20(18,19)17-10-4-8(13)2-3-9(10)12/h2-4,6,14,17H,5H2,1H3,(H,15,16). The van der Waals surface area contributed by atoms with Gasteiger partial charge in [-0.3, -0.25) is 9.82 Å². The van der Waals surface area contributed by atoms with Gasteiger partial charge in [0.2, 0.25) is 0 Å². The van der Waals surface area contributed by atoms with Crippen LogP contribution in [0.1, 0.15) is 5.56 Å². The number of nitrogens with zero attached hydrogens (tertiary/aromatic N) is 1. The van der Waals surface area contributed by atoms with Crippen LogP contribution >= 0.6 is 15.9 Å². The second-order valence-electron chi connectivity index (χ2n) is 3.98. The van der Waals surface area contributed by atoms with Crippen LogP contribution in [0, 0.1) is 5.82 Å². The van der Waals surface area contributed by atoms with Gasteiger partial charge in [-0.2, -0.15) is 13.5 Å². The van der Waals surface area contributed by atoms with Crippen LogP contribution in [0.4, 0.5) is 10.1 Å². The van der Waals surface area contributed by atoms with Crippen molar-refractivity contribution in [3.05, 3.63) is 40.2 Å². The van der Waals surface area contributed by atoms with Crippen molar-refractivity contribution in [3.8, 4) is 0 Å². The number of nitrogens with one attached hydrogen (secondary N) is 3. The molecule has 0 aliphatic heterocycles. The average molecular weight is 363 g/mol. The molecule has 9 heteroatoms. The first-order valence-corrected chi connectivity index (χ1v) is 7.86. The molecule has 1 heterocycles. The third kappa shape index (κ3) is 3.17. The SMILES string of the molecule is CNCc1cn[nH]c1S(=O)(=O)Nc1cc(F)ccc1Br. The number of rotatable bonds is 5. The Morgan fingerprint density at radius 1 is 1.45 bits per heavy atom. The summed E-state index contributed by atoms with van der Waals surface area (Å²) in [5, 5.41) is 8.95. The predicted octanol–water partition coefficient (Wildman–Crippen LogP) is 1.83. The lowest BCUT2D eigenvalue weighted by molar-refractivity contribution is 0.595. The minimum Gasteiger partial charge on any atom is -0.316 e. The van der Waals surface area contributed by atoms with Crippen molar-refractivity contribution in [2.24, 2.45) is 0 Å². The van der Waals surface area contributed by atoms with Crippen molar-refractivity contribution in [1.29, 1.82) is 0 Å². The summed E-state index contributed by atoms with van der Waals surface area (Å²) in [6.45, 7) is 0.344. The van der Waals surface area contributed by atoms with Gasteiger partial charge in [0.05, 0.1) is 11.9 Å². The fourth-order valence-corrected chi connectivity index (χ4v) is 3.30. The molecule has 0 amide bonds. The molecule has 2 aromatic rings. The quantitative estimate of drug-likeness (QED) is 0.757. The number of aromatic amines is 1. The summed E-state index contributed by atoms with van der Waals surface area (Å²) in [6, 6.07) is 3.74. The van der Waals surface area contributed by atoms with Crippen molar-refractivity contribution in [2.75, 3.05) is 11.8 Å². The van der Waals surface area contributed by atoms with Gasteiger partial charge in [-0.1, -0.05) is 0 Å². The number of sulfonamides is 1. The zero-order valence-electron chi connectivity index (χ0n) is 10.4. The van der Waals surface area contributed by atoms with Crippen LogP contribution in [0.3, 0.4) is 0 Å². The largest absolute Gasteiger partial charge is 0.316 e. The maximum absolute atomic E-state index is 13.2. The predicted molar refractivity (Wildman–Crippen MR) is 76.3 cm³/mol. The third-order valence-corrected chi connectivity index (χ3v) is 4.56. The van der Waals surface area contributed by atoms with E-state index in [-0.39, 0.29) is 10.7 Å². The highest BCUT2D eigenvalue weighted by Gasteiger charge is 2.21. The van der Waals surface area contributed by atoms with Gasteiger partial charge in [0.15, 0.2) is 5.03 Å². The van der Waals surface area contributed by atoms with Gasteiger partial charge in [-0.15, -0.1) is 0 Å². The van der Waals surface area contributed by atoms with Gasteiger partial charge < -0.3 is 5.32 Å². The number of hydrogen-bond donors (Lipinski definition) is 3. The lowest BCUT2D eigenvalue weighted by atomic mass is 10.3. The van der Waals surface area contributed by atoms with Crippen LogP contribution in [-0.2, 0) is 16.6 Å². The van der Waals surface area contributed by atoms with E-state index in [4.69, 9.17) is 0 Å². The second-order valence-corrected chi connectivity index (χ2v) is 6.46. The molecule has 0 saturated heterocycles. The Labute approximate surface area is 124 Å². The fourth-order valence-electron chi connectivity index (χ4n) is 1.62. The highest BCUT2D eigenvalue weighted by Crippen LogP contribution is 2.26. The Morgan fingerprint density at radius 2 is 2.20 bits per heavy atom. The number of hydrogen-bond acceptors (Lipinski definition) is 4. The summed E-state index contributed by atoms with van der Waals surface area (Å²) >= 11 is 3.16. The van der Waals surface area contributed by atoms with Gasteiger partial charge in [0, 0.05) is 16.6 Å². The number of benzene rings is 1. The van der Waals surface area contributed by atoms with Crippen molar-refractivity contribution in [1.82, 2.24) is 15.5 Å². The first-order chi connectivity index (χ1) is 9.44. The molecule has 1 aromatic carbocycles. The van der Waals surface area contributed by atoms with E-state index < -0.39 is 15.8 Å². The molecule has 0 radical (unpaired) electrons. The van der Waals surface area contributed by atoms with Crippen LogP contribution in [-0.4, -0.2) is 25.7 Å². The van der Waals surface area contributed by atoms with Crippen LogP contribution in [0.25, 0.3) is 0 Å². The fraction of sp³-hybridized carbons (Fsp3) is 0.182. The van der Waals surface area contributed by atoms with Crippen molar-refractivity contribution in [2.45, 2.75) is 11.6 Å². The van der Waals surface area contributed by atoms with Gasteiger partial charge in [0.25, 0.3) is 10.0 Å². The second kappa shape index (κ2) is 5.90. The average Bonchev–Trinajstić information content (AvgIpc) is 2.83. The lowest BCUT2D eigenvalue weighted by Crippen LogP contribution is -2.17. The highest BCUT2D eigenvalue weighted by atomic mass is 79.9. The Morgan fingerprint density at radius 3 is 2.90 bits per heavy atom. The molecule has 0 aliphatic carbocycles. The normalized spacial score (nSPS) is 11.6. The summed E-state index contributed by atoms with van der Waals surface area (Å²) in [6.07, 6.45) is 1.42. The first-order valence-electron chi connectivity index (χ1n) is 5.59. The minimum atomic E-state index is -3.87. The number of aromatic nitrogens is 2. The third-order valence-electron chi connectivity index (χ3n) is 2.49. The lowest BCUT2D eigenvalue weighted by Gasteiger charge is -2.10. The van der Waals surface area contributed by atoms with E-state index >= 15 is 0 Å². The molecule has 0 atom stereocenters. The summed E-state index contributed by atoms with van der Waals surface area (Å²) < 4.78 is 40.5. The van der Waals surface area contributed by atoms with Crippen LogP contribution in [0.2, 0.25) is 0 Å². The van der Waals surface area contributed by atoms with Crippen molar-refractivity contribution in [3.63, 3.8) is 0 Å². The van der Waals surface area contributed by atoms with Crippen LogP contribution in [0.5, 0.6) is 0 Å². The van der Waals surface area contributed by atoms with Crippen LogP contribution < -0.4 is 10.0 Å². The van der Waals surface area contributed by atoms with Gasteiger partial charge >= 0.3 is 0 Å². The molecular weight excluding hydrogens is 351 g/mol. The van der Waals surface area contributed by atoms with Crippen molar-refractivity contribution < 1.29 is 12.8 Å². The molecule has 2 rings (SSSR count). The van der Waals surface area contributed by atoms with E-state index in [9.17, 15) is 12.8 Å². The molecule has 1 aromatic heterocycles. The molecule has 0 unspecified atom stereocenters. The zero-order chi connectivity index (χ0) is 14.8. The Bertz CT molecular complexity index is 717. The van der Waals surface area contributed by atoms with Crippen LogP contribution in [0.15, 0.2) is 33.9 Å². The van der Waals surface area contributed by atoms with Gasteiger partial charge in [0.1, 0.15) is 5.82 Å². The Kier molecular flexibility index (Phi) is 4.41. The number of halogens is 2. The smallest absolute Gasteiger partial charge is 0.279 e. The van der Waals surface area contributed by atoms with Gasteiger partial charge in [-0.05, 0) is 41.2 Å². The van der Waals surface area contributed by atoms with E-state index in [1.807, 2.05) is 0 Å². The topological polar surface area (TPSA) is 86.9 Å². The summed E-state index contributed by atoms with van der Waals surface area (Å²) in [5.74, 6) is -0.536. The van der Waals surface area contributed by atoms with E-state index in [1.54, 1.807) is 7.05 Å². The molecule has 0 fully saturated rings. The maximum atomic E-state index is 13.2. The first kappa shape index (κ1) is 14.9. The zero-order valence-corrected chi connectivity index (χ0v) is 12.8. The monoisotopic (exact) mass is 362 g/mol. The molecule has 0 bridgehead atoms. The molecule has 0 spiro atoms. The maximum Gasteiger partial charge on any atom is 0.279 e. The molecule has 0 aliphatic rings. The molecule has 20 heavy (non-hydrogen) atoms. The minimum absolute atomic E-state index is 0.0528.